The molecule has 0 radical (unpaired) electrons. The quantitative estimate of drug-likeness (QED) is 0.778. The van der Waals surface area contributed by atoms with Gasteiger partial charge in [-0.15, -0.1) is 0 Å². The molecule has 1 N–H and O–H groups in total. The summed E-state index contributed by atoms with van der Waals surface area (Å²) in [4.78, 5) is 37.7. The Morgan fingerprint density at radius 1 is 1.08 bits per heavy atom. The number of nitrogens with one attached hydrogen (secondary N) is 1. The van der Waals surface area contributed by atoms with Crippen molar-refractivity contribution < 1.29 is 19.1 Å². The van der Waals surface area contributed by atoms with Crippen LogP contribution >= 0.6 is 15.9 Å². The molecule has 0 spiro atoms. The van der Waals surface area contributed by atoms with Crippen LogP contribution in [0.25, 0.3) is 0 Å². The lowest BCUT2D eigenvalue weighted by Gasteiger charge is -2.13. The molecule has 0 saturated heterocycles. The Hall–Kier alpha value is -2.67. The van der Waals surface area contributed by atoms with Gasteiger partial charge in [0.1, 0.15) is 12.3 Å². The van der Waals surface area contributed by atoms with E-state index in [1.165, 1.54) is 0 Å². The van der Waals surface area contributed by atoms with Crippen molar-refractivity contribution in [2.45, 2.75) is 6.54 Å². The van der Waals surface area contributed by atoms with E-state index in [-0.39, 0.29) is 6.54 Å². The topological polar surface area (TPSA) is 75.7 Å². The largest absolute Gasteiger partial charge is 0.497 e. The van der Waals surface area contributed by atoms with Gasteiger partial charge in [0.15, 0.2) is 0 Å². The minimum atomic E-state index is -0.458. The van der Waals surface area contributed by atoms with Crippen LogP contribution in [0.5, 0.6) is 5.75 Å². The van der Waals surface area contributed by atoms with E-state index in [0.717, 1.165) is 16.2 Å². The average molecular weight is 403 g/mol. The maximum Gasteiger partial charge on any atom is 0.262 e. The minimum Gasteiger partial charge on any atom is -0.497 e. The van der Waals surface area contributed by atoms with Crippen LogP contribution in [0.1, 0.15) is 26.3 Å². The first-order valence-corrected chi connectivity index (χ1v) is 8.34. The monoisotopic (exact) mass is 402 g/mol. The van der Waals surface area contributed by atoms with E-state index in [4.69, 9.17) is 4.74 Å². The van der Waals surface area contributed by atoms with Crippen molar-refractivity contribution in [3.05, 3.63) is 63.6 Å². The fraction of sp³-hybridized carbons (Fsp3) is 0.167. The number of ether oxygens (including phenoxy) is 1. The molecule has 0 aromatic heterocycles. The third-order valence-corrected chi connectivity index (χ3v) is 4.38. The lowest BCUT2D eigenvalue weighted by atomic mass is 10.1. The molecular weight excluding hydrogens is 388 g/mol. The molecule has 2 aromatic rings. The molecule has 1 heterocycles. The van der Waals surface area contributed by atoms with E-state index < -0.39 is 17.7 Å². The van der Waals surface area contributed by atoms with E-state index in [1.54, 1.807) is 37.4 Å². The summed E-state index contributed by atoms with van der Waals surface area (Å²) in [6, 6.07) is 12.1. The molecular formula is C18H15BrN2O4. The van der Waals surface area contributed by atoms with Crippen LogP contribution < -0.4 is 10.1 Å². The van der Waals surface area contributed by atoms with Crippen molar-refractivity contribution >= 4 is 33.7 Å². The van der Waals surface area contributed by atoms with Crippen molar-refractivity contribution in [2.75, 3.05) is 13.7 Å². The highest BCUT2D eigenvalue weighted by Gasteiger charge is 2.36. The zero-order valence-electron chi connectivity index (χ0n) is 13.4. The second-order valence-electron chi connectivity index (χ2n) is 5.51. The van der Waals surface area contributed by atoms with E-state index in [0.29, 0.717) is 22.1 Å². The van der Waals surface area contributed by atoms with Crippen LogP contribution in [0.3, 0.4) is 0 Å². The van der Waals surface area contributed by atoms with Crippen LogP contribution in [-0.4, -0.2) is 36.3 Å². The number of benzene rings is 2. The second kappa shape index (κ2) is 7.06. The second-order valence-corrected chi connectivity index (χ2v) is 6.43. The molecule has 6 nitrogen and oxygen atoms in total. The Morgan fingerprint density at radius 2 is 1.76 bits per heavy atom. The van der Waals surface area contributed by atoms with Crippen LogP contribution in [0.15, 0.2) is 46.9 Å². The predicted octanol–water partition coefficient (Wildman–Crippen LogP) is 2.37. The summed E-state index contributed by atoms with van der Waals surface area (Å²) >= 11 is 3.27. The van der Waals surface area contributed by atoms with E-state index in [9.17, 15) is 14.4 Å². The van der Waals surface area contributed by atoms with Gasteiger partial charge < -0.3 is 10.1 Å². The first-order valence-electron chi connectivity index (χ1n) is 7.55. The number of fused-ring (bicyclic) bond motifs is 1. The molecule has 0 fully saturated rings. The maximum absolute atomic E-state index is 12.3. The summed E-state index contributed by atoms with van der Waals surface area (Å²) < 4.78 is 5.78. The smallest absolute Gasteiger partial charge is 0.262 e. The zero-order chi connectivity index (χ0) is 18.0. The standard InChI is InChI=1S/C18H15BrN2O4/c1-25-13-5-2-11(3-6-13)9-20-16(22)10-21-17(23)14-7-4-12(19)8-15(14)18(21)24/h2-8H,9-10H2,1H3,(H,20,22). The van der Waals surface area contributed by atoms with E-state index >= 15 is 0 Å². The lowest BCUT2D eigenvalue weighted by Crippen LogP contribution is -2.40. The van der Waals surface area contributed by atoms with Crippen LogP contribution in [-0.2, 0) is 11.3 Å². The van der Waals surface area contributed by atoms with Crippen LogP contribution in [0, 0.1) is 0 Å². The Kier molecular flexibility index (Phi) is 4.85. The van der Waals surface area contributed by atoms with Gasteiger partial charge in [0.2, 0.25) is 5.91 Å². The first-order chi connectivity index (χ1) is 12.0. The Balaban J connectivity index is 1.61. The molecule has 25 heavy (non-hydrogen) atoms. The Morgan fingerprint density at radius 3 is 2.44 bits per heavy atom. The van der Waals surface area contributed by atoms with Crippen molar-refractivity contribution in [3.8, 4) is 5.75 Å². The SMILES string of the molecule is COc1ccc(CNC(=O)CN2C(=O)c3ccc(Br)cc3C2=O)cc1. The number of rotatable bonds is 5. The van der Waals surface area contributed by atoms with Crippen LogP contribution in [0.4, 0.5) is 0 Å². The van der Waals surface area contributed by atoms with E-state index in [2.05, 4.69) is 21.2 Å². The molecule has 1 aliphatic heterocycles. The lowest BCUT2D eigenvalue weighted by molar-refractivity contribution is -0.121. The third kappa shape index (κ3) is 3.56. The molecule has 0 saturated carbocycles. The molecule has 0 unspecified atom stereocenters. The summed E-state index contributed by atoms with van der Waals surface area (Å²) in [7, 11) is 1.58. The highest BCUT2D eigenvalue weighted by atomic mass is 79.9. The Bertz CT molecular complexity index is 849. The van der Waals surface area contributed by atoms with Gasteiger partial charge in [-0.1, -0.05) is 28.1 Å². The number of hydrogen-bond acceptors (Lipinski definition) is 4. The number of hydrogen-bond donors (Lipinski definition) is 1. The number of amides is 3. The summed E-state index contributed by atoms with van der Waals surface area (Å²) in [6.45, 7) is -0.00232. The normalized spacial score (nSPS) is 13.0. The Labute approximate surface area is 152 Å². The molecule has 0 atom stereocenters. The fourth-order valence-electron chi connectivity index (χ4n) is 2.55. The number of halogens is 1. The van der Waals surface area contributed by atoms with Gasteiger partial charge >= 0.3 is 0 Å². The number of imide groups is 1. The first kappa shape index (κ1) is 17.2. The summed E-state index contributed by atoms with van der Waals surface area (Å²) in [6.07, 6.45) is 0. The molecule has 0 bridgehead atoms. The molecule has 3 rings (SSSR count). The molecule has 0 aliphatic carbocycles. The zero-order valence-corrected chi connectivity index (χ0v) is 15.0. The molecule has 3 amide bonds. The number of carbonyl (C=O) groups is 3. The van der Waals surface area contributed by atoms with Crippen molar-refractivity contribution in [1.29, 1.82) is 0 Å². The van der Waals surface area contributed by atoms with Gasteiger partial charge in [-0.05, 0) is 35.9 Å². The number of methoxy groups -OCH3 is 1. The van der Waals surface area contributed by atoms with Gasteiger partial charge in [0.25, 0.3) is 11.8 Å². The summed E-state index contributed by atoms with van der Waals surface area (Å²) in [5, 5.41) is 2.71. The number of nitrogens with zero attached hydrogens (tertiary/aromatic N) is 1. The van der Waals surface area contributed by atoms with Gasteiger partial charge in [-0.2, -0.15) is 0 Å². The van der Waals surface area contributed by atoms with E-state index in [1.807, 2.05) is 12.1 Å². The van der Waals surface area contributed by atoms with Gasteiger partial charge in [0.05, 0.1) is 18.2 Å². The number of carbonyl (C=O) groups excluding carboxylic acids is 3. The average Bonchev–Trinajstić information content (AvgIpc) is 2.85. The van der Waals surface area contributed by atoms with Gasteiger partial charge in [-0.3, -0.25) is 19.3 Å². The van der Waals surface area contributed by atoms with Crippen LogP contribution in [0.2, 0.25) is 0 Å². The van der Waals surface area contributed by atoms with Gasteiger partial charge in [0, 0.05) is 11.0 Å². The van der Waals surface area contributed by atoms with Gasteiger partial charge in [-0.25, -0.2) is 0 Å². The van der Waals surface area contributed by atoms with Crippen molar-refractivity contribution in [2.24, 2.45) is 0 Å². The maximum atomic E-state index is 12.3. The summed E-state index contributed by atoms with van der Waals surface area (Å²) in [5.41, 5.74) is 1.51. The highest BCUT2D eigenvalue weighted by Crippen LogP contribution is 2.25. The fourth-order valence-corrected chi connectivity index (χ4v) is 2.91. The minimum absolute atomic E-state index is 0.303. The van der Waals surface area contributed by atoms with Crippen molar-refractivity contribution in [3.63, 3.8) is 0 Å². The predicted molar refractivity (Wildman–Crippen MR) is 94.3 cm³/mol. The molecule has 2 aromatic carbocycles. The molecule has 1 aliphatic rings. The summed E-state index contributed by atoms with van der Waals surface area (Å²) in [5.74, 6) is -0.579. The third-order valence-electron chi connectivity index (χ3n) is 3.88. The molecule has 128 valence electrons. The molecule has 7 heteroatoms. The van der Waals surface area contributed by atoms with Crippen molar-refractivity contribution in [1.82, 2.24) is 10.2 Å². The highest BCUT2D eigenvalue weighted by molar-refractivity contribution is 9.10.